The van der Waals surface area contributed by atoms with Gasteiger partial charge in [0, 0.05) is 0 Å². The quantitative estimate of drug-likeness (QED) is 0.828. The topological polar surface area (TPSA) is 57.1 Å². The summed E-state index contributed by atoms with van der Waals surface area (Å²) in [5.41, 5.74) is 0.996. The summed E-state index contributed by atoms with van der Waals surface area (Å²) < 4.78 is 7.15. The number of hydrogen-bond donors (Lipinski definition) is 0. The lowest BCUT2D eigenvalue weighted by molar-refractivity contribution is 0.220. The average molecular weight is 248 g/mol. The summed E-state index contributed by atoms with van der Waals surface area (Å²) in [5, 5.41) is 0. The number of rotatable bonds is 3. The summed E-state index contributed by atoms with van der Waals surface area (Å²) in [6, 6.07) is 7.22. The van der Waals surface area contributed by atoms with E-state index in [1.165, 1.54) is 0 Å². The highest BCUT2D eigenvalue weighted by atomic mass is 16.5. The molecule has 0 spiro atoms. The molecule has 0 atom stereocenters. The molecule has 2 rings (SSSR count). The van der Waals surface area contributed by atoms with Gasteiger partial charge in [-0.1, -0.05) is 32.0 Å². The van der Waals surface area contributed by atoms with Crippen molar-refractivity contribution in [2.75, 3.05) is 0 Å². The Bertz CT molecular complexity index is 661. The van der Waals surface area contributed by atoms with Gasteiger partial charge in [0.1, 0.15) is 0 Å². The van der Waals surface area contributed by atoms with Gasteiger partial charge in [0.15, 0.2) is 0 Å². The van der Waals surface area contributed by atoms with E-state index in [-0.39, 0.29) is 5.92 Å². The van der Waals surface area contributed by atoms with E-state index in [0.717, 1.165) is 14.9 Å². The first-order valence-electron chi connectivity index (χ1n) is 5.90. The minimum atomic E-state index is -0.644. The molecule has 5 heteroatoms. The highest BCUT2D eigenvalue weighted by Gasteiger charge is 2.15. The highest BCUT2D eigenvalue weighted by Crippen LogP contribution is 2.09. The van der Waals surface area contributed by atoms with Crippen LogP contribution in [-0.4, -0.2) is 9.31 Å². The molecule has 0 saturated carbocycles. The summed E-state index contributed by atoms with van der Waals surface area (Å²) in [7, 11) is 0. The summed E-state index contributed by atoms with van der Waals surface area (Å²) in [6.45, 7) is 6.16. The molecule has 0 saturated heterocycles. The van der Waals surface area contributed by atoms with Crippen LogP contribution in [0.15, 0.2) is 38.4 Å². The summed E-state index contributed by atoms with van der Waals surface area (Å²) in [4.78, 5) is 23.9. The number of aromatic nitrogens is 2. The van der Waals surface area contributed by atoms with Crippen LogP contribution in [0.2, 0.25) is 0 Å². The van der Waals surface area contributed by atoms with Gasteiger partial charge in [0.25, 0.3) is 0 Å². The third-order valence-corrected chi connectivity index (χ3v) is 2.66. The van der Waals surface area contributed by atoms with E-state index in [1.54, 1.807) is 12.1 Å². The normalized spacial score (nSPS) is 11.1. The molecule has 0 aliphatic rings. The van der Waals surface area contributed by atoms with Crippen molar-refractivity contribution in [1.82, 2.24) is 9.31 Å². The molecule has 0 aliphatic carbocycles. The Hall–Kier alpha value is -2.04. The number of benzene rings is 1. The van der Waals surface area contributed by atoms with Crippen molar-refractivity contribution in [2.45, 2.75) is 27.3 Å². The highest BCUT2D eigenvalue weighted by molar-refractivity contribution is 5.39. The van der Waals surface area contributed by atoms with Crippen molar-refractivity contribution in [3.8, 4) is 5.69 Å². The third kappa shape index (κ3) is 2.16. The largest absolute Gasteiger partial charge is 0.447 e. The SMILES string of the molecule is Cc1ccccc1-n1c(=O)on(CC(C)C)c1=O. The maximum atomic E-state index is 12.1. The molecule has 1 heterocycles. The maximum Gasteiger partial charge on any atom is 0.447 e. The van der Waals surface area contributed by atoms with Crippen LogP contribution in [0.25, 0.3) is 5.69 Å². The predicted octanol–water partition coefficient (Wildman–Crippen LogP) is 1.56. The van der Waals surface area contributed by atoms with Gasteiger partial charge in [0.05, 0.1) is 12.2 Å². The van der Waals surface area contributed by atoms with Gasteiger partial charge in [-0.15, -0.1) is 0 Å². The van der Waals surface area contributed by atoms with Crippen molar-refractivity contribution < 1.29 is 4.52 Å². The molecular formula is C13H16N2O3. The molecule has 0 N–H and O–H groups in total. The van der Waals surface area contributed by atoms with Crippen molar-refractivity contribution in [3.63, 3.8) is 0 Å². The summed E-state index contributed by atoms with van der Waals surface area (Å²) in [5.74, 6) is -0.409. The van der Waals surface area contributed by atoms with Crippen molar-refractivity contribution in [2.24, 2.45) is 5.92 Å². The zero-order valence-corrected chi connectivity index (χ0v) is 10.7. The molecule has 1 aromatic heterocycles. The van der Waals surface area contributed by atoms with Gasteiger partial charge in [0.2, 0.25) is 0 Å². The Morgan fingerprint density at radius 3 is 2.50 bits per heavy atom. The minimum absolute atomic E-state index is 0.235. The van der Waals surface area contributed by atoms with Gasteiger partial charge in [-0.05, 0) is 24.5 Å². The van der Waals surface area contributed by atoms with E-state index in [2.05, 4.69) is 0 Å². The van der Waals surface area contributed by atoms with Crippen LogP contribution in [0.1, 0.15) is 19.4 Å². The molecule has 18 heavy (non-hydrogen) atoms. The number of hydrogen-bond acceptors (Lipinski definition) is 3. The number of para-hydroxylation sites is 1. The second kappa shape index (κ2) is 4.68. The lowest BCUT2D eigenvalue weighted by Crippen LogP contribution is -2.28. The van der Waals surface area contributed by atoms with Gasteiger partial charge in [-0.2, -0.15) is 9.31 Å². The van der Waals surface area contributed by atoms with Crippen LogP contribution in [0, 0.1) is 12.8 Å². The van der Waals surface area contributed by atoms with Crippen LogP contribution in [-0.2, 0) is 6.54 Å². The van der Waals surface area contributed by atoms with E-state index in [0.29, 0.717) is 12.2 Å². The maximum absolute atomic E-state index is 12.1. The smallest absolute Gasteiger partial charge is 0.316 e. The fourth-order valence-electron chi connectivity index (χ4n) is 1.83. The van der Waals surface area contributed by atoms with Crippen LogP contribution >= 0.6 is 0 Å². The zero-order chi connectivity index (χ0) is 13.3. The van der Waals surface area contributed by atoms with Gasteiger partial charge in [-0.3, -0.25) is 0 Å². The molecule has 0 aliphatic heterocycles. The van der Waals surface area contributed by atoms with E-state index < -0.39 is 11.4 Å². The fraction of sp³-hybridized carbons (Fsp3) is 0.385. The lowest BCUT2D eigenvalue weighted by atomic mass is 10.2. The number of aryl methyl sites for hydroxylation is 1. The molecule has 0 bridgehead atoms. The number of nitrogens with zero attached hydrogens (tertiary/aromatic N) is 2. The molecule has 0 unspecified atom stereocenters. The fourth-order valence-corrected chi connectivity index (χ4v) is 1.83. The van der Waals surface area contributed by atoms with Crippen molar-refractivity contribution in [3.05, 3.63) is 50.9 Å². The second-order valence-corrected chi connectivity index (χ2v) is 4.72. The monoisotopic (exact) mass is 248 g/mol. The first-order chi connectivity index (χ1) is 8.50. The second-order valence-electron chi connectivity index (χ2n) is 4.72. The Kier molecular flexibility index (Phi) is 3.23. The predicted molar refractivity (Wildman–Crippen MR) is 68.1 cm³/mol. The van der Waals surface area contributed by atoms with E-state index in [9.17, 15) is 9.59 Å². The molecule has 2 aromatic rings. The molecule has 0 radical (unpaired) electrons. The molecule has 0 amide bonds. The van der Waals surface area contributed by atoms with Crippen LogP contribution < -0.4 is 11.4 Å². The van der Waals surface area contributed by atoms with Gasteiger partial charge < -0.3 is 4.52 Å². The van der Waals surface area contributed by atoms with E-state index in [1.807, 2.05) is 32.9 Å². The lowest BCUT2D eigenvalue weighted by Gasteiger charge is -2.03. The molecule has 0 fully saturated rings. The zero-order valence-electron chi connectivity index (χ0n) is 10.7. The van der Waals surface area contributed by atoms with Crippen LogP contribution in [0.5, 0.6) is 0 Å². The Morgan fingerprint density at radius 2 is 1.89 bits per heavy atom. The Morgan fingerprint density at radius 1 is 1.22 bits per heavy atom. The van der Waals surface area contributed by atoms with E-state index in [4.69, 9.17) is 4.52 Å². The van der Waals surface area contributed by atoms with Crippen molar-refractivity contribution in [1.29, 1.82) is 0 Å². The summed E-state index contributed by atoms with van der Waals surface area (Å²) >= 11 is 0. The van der Waals surface area contributed by atoms with Gasteiger partial charge >= 0.3 is 11.4 Å². The van der Waals surface area contributed by atoms with Crippen LogP contribution in [0.4, 0.5) is 0 Å². The third-order valence-electron chi connectivity index (χ3n) is 2.66. The molecule has 5 nitrogen and oxygen atoms in total. The van der Waals surface area contributed by atoms with Crippen LogP contribution in [0.3, 0.4) is 0 Å². The molecule has 96 valence electrons. The molecular weight excluding hydrogens is 232 g/mol. The molecule has 1 aromatic carbocycles. The van der Waals surface area contributed by atoms with E-state index >= 15 is 0 Å². The summed E-state index contributed by atoms with van der Waals surface area (Å²) in [6.07, 6.45) is 0. The Labute approximate surface area is 104 Å². The van der Waals surface area contributed by atoms with Gasteiger partial charge in [-0.25, -0.2) is 9.59 Å². The van der Waals surface area contributed by atoms with Crippen molar-refractivity contribution >= 4 is 0 Å². The first-order valence-corrected chi connectivity index (χ1v) is 5.90. The Balaban J connectivity index is 2.60. The minimum Gasteiger partial charge on any atom is -0.316 e. The first kappa shape index (κ1) is 12.4. The standard InChI is InChI=1S/C13H16N2O3/c1-9(2)8-14-12(16)15(13(17)18-14)11-7-5-4-6-10(11)3/h4-7,9H,8H2,1-3H3. The average Bonchev–Trinajstić information content (AvgIpc) is 2.55.